The lowest BCUT2D eigenvalue weighted by atomic mass is 9.91. The fourth-order valence-corrected chi connectivity index (χ4v) is 11.0. The second-order valence-corrected chi connectivity index (χ2v) is 19.6. The highest BCUT2D eigenvalue weighted by Gasteiger charge is 2.21. The summed E-state index contributed by atoms with van der Waals surface area (Å²) in [5.41, 5.74) is 22.1. The Morgan fingerprint density at radius 1 is 0.286 bits per heavy atom. The summed E-state index contributed by atoms with van der Waals surface area (Å²) in [7, 11) is 0. The first-order valence-corrected chi connectivity index (χ1v) is 26.2. The van der Waals surface area contributed by atoms with Crippen molar-refractivity contribution in [3.8, 4) is 61.8 Å². The summed E-state index contributed by atoms with van der Waals surface area (Å²) in [6, 6.07) is 102. The molecule has 13 aromatic rings. The third kappa shape index (κ3) is 9.11. The zero-order chi connectivity index (χ0) is 51.7. The third-order valence-electron chi connectivity index (χ3n) is 14.6. The predicted molar refractivity (Wildman–Crippen MR) is 322 cm³/mol. The first-order chi connectivity index (χ1) is 38.0. The minimum atomic E-state index is 0.711. The molecular formula is C72H53N5. The summed E-state index contributed by atoms with van der Waals surface area (Å²) in [4.78, 5) is 14.8. The summed E-state index contributed by atoms with van der Waals surface area (Å²) in [6.07, 6.45) is 0. The SMILES string of the molecule is Cc1cc(-c2ccc(-c3cc(-c4ccccc4)nc(-c4ccccc4)n3)cc2)cc(C)c1-c1ccc(-n2c3ccc(N(c4ccccc4)c4ccccc4)cc3c3cc(N(c4ccccc4)c4ccccc4)ccc32)cc1. The Hall–Kier alpha value is -10.1. The van der Waals surface area contributed by atoms with E-state index in [0.29, 0.717) is 5.82 Å². The fourth-order valence-electron chi connectivity index (χ4n) is 11.0. The molecule has 77 heavy (non-hydrogen) atoms. The summed E-state index contributed by atoms with van der Waals surface area (Å²) in [6.45, 7) is 4.46. The molecule has 0 spiro atoms. The Balaban J connectivity index is 0.868. The molecular weight excluding hydrogens is 935 g/mol. The maximum absolute atomic E-state index is 5.07. The maximum atomic E-state index is 5.07. The van der Waals surface area contributed by atoms with E-state index in [1.807, 2.05) is 24.3 Å². The number of aryl methyl sites for hydroxylation is 2. The van der Waals surface area contributed by atoms with Crippen molar-refractivity contribution in [2.24, 2.45) is 0 Å². The standard InChI is InChI=1S/C72H53N5/c1-50-45-57(52-33-35-54(36-34-52)68-49-67(53-21-9-3-10-22-53)73-72(74-68)56-23-11-4-12-24-56)46-51(2)71(50)55-37-39-62(40-38-55)77-69-43-41-63(75(58-25-13-5-14-26-58)59-27-15-6-16-28-59)47-65(69)66-48-64(42-44-70(66)77)76(60-29-17-7-18-30-60)61-31-19-8-20-32-61/h3-49H,1-2H3. The van der Waals surface area contributed by atoms with Gasteiger partial charge in [0.15, 0.2) is 5.82 Å². The Bertz CT molecular complexity index is 3880. The Morgan fingerprint density at radius 3 is 1.08 bits per heavy atom. The molecule has 0 aliphatic rings. The van der Waals surface area contributed by atoms with Crippen LogP contribution in [-0.4, -0.2) is 14.5 Å². The first-order valence-electron chi connectivity index (χ1n) is 26.2. The van der Waals surface area contributed by atoms with Crippen LogP contribution in [0.1, 0.15) is 11.1 Å². The lowest BCUT2D eigenvalue weighted by Crippen LogP contribution is -2.09. The van der Waals surface area contributed by atoms with Crippen molar-refractivity contribution in [2.75, 3.05) is 9.80 Å². The number of anilines is 6. The van der Waals surface area contributed by atoms with Gasteiger partial charge in [-0.1, -0.05) is 182 Å². The van der Waals surface area contributed by atoms with Crippen LogP contribution in [0.5, 0.6) is 0 Å². The largest absolute Gasteiger partial charge is 0.310 e. The molecule has 5 heteroatoms. The van der Waals surface area contributed by atoms with Crippen molar-refractivity contribution in [1.82, 2.24) is 14.5 Å². The molecule has 0 fully saturated rings. The quantitative estimate of drug-likeness (QED) is 0.122. The number of aromatic nitrogens is 3. The Kier molecular flexibility index (Phi) is 12.3. The molecule has 366 valence electrons. The van der Waals surface area contributed by atoms with Gasteiger partial charge in [-0.15, -0.1) is 0 Å². The van der Waals surface area contributed by atoms with Crippen molar-refractivity contribution in [3.63, 3.8) is 0 Å². The van der Waals surface area contributed by atoms with Gasteiger partial charge >= 0.3 is 0 Å². The number of hydrogen-bond donors (Lipinski definition) is 0. The van der Waals surface area contributed by atoms with E-state index in [2.05, 4.69) is 289 Å². The molecule has 0 atom stereocenters. The molecule has 11 aromatic carbocycles. The van der Waals surface area contributed by atoms with E-state index >= 15 is 0 Å². The van der Waals surface area contributed by atoms with Gasteiger partial charge in [0.05, 0.1) is 22.4 Å². The Labute approximate surface area is 449 Å². The highest BCUT2D eigenvalue weighted by atomic mass is 15.1. The molecule has 0 aliphatic heterocycles. The molecule has 0 bridgehead atoms. The maximum Gasteiger partial charge on any atom is 0.160 e. The zero-order valence-corrected chi connectivity index (χ0v) is 42.9. The van der Waals surface area contributed by atoms with Gasteiger partial charge in [-0.25, -0.2) is 9.97 Å². The van der Waals surface area contributed by atoms with E-state index in [0.717, 1.165) is 84.5 Å². The van der Waals surface area contributed by atoms with Crippen molar-refractivity contribution >= 4 is 55.9 Å². The molecule has 2 aromatic heterocycles. The van der Waals surface area contributed by atoms with Crippen LogP contribution in [0.25, 0.3) is 83.6 Å². The molecule has 13 rings (SSSR count). The molecule has 0 amide bonds. The second-order valence-electron chi connectivity index (χ2n) is 19.6. The van der Waals surface area contributed by atoms with Crippen LogP contribution in [0.15, 0.2) is 285 Å². The van der Waals surface area contributed by atoms with E-state index in [4.69, 9.17) is 9.97 Å². The third-order valence-corrected chi connectivity index (χ3v) is 14.6. The monoisotopic (exact) mass is 987 g/mol. The number of rotatable bonds is 12. The summed E-state index contributed by atoms with van der Waals surface area (Å²) < 4.78 is 2.42. The van der Waals surface area contributed by atoms with Crippen molar-refractivity contribution in [1.29, 1.82) is 0 Å². The molecule has 0 saturated carbocycles. The van der Waals surface area contributed by atoms with Crippen LogP contribution >= 0.6 is 0 Å². The average Bonchev–Trinajstić information content (AvgIpc) is 3.83. The lowest BCUT2D eigenvalue weighted by molar-refractivity contribution is 1.18. The summed E-state index contributed by atoms with van der Waals surface area (Å²) in [5, 5.41) is 2.34. The lowest BCUT2D eigenvalue weighted by Gasteiger charge is -2.26. The molecule has 0 saturated heterocycles. The molecule has 5 nitrogen and oxygen atoms in total. The van der Waals surface area contributed by atoms with E-state index in [-0.39, 0.29) is 0 Å². The van der Waals surface area contributed by atoms with E-state index in [1.54, 1.807) is 0 Å². The first kappa shape index (κ1) is 46.7. The summed E-state index contributed by atoms with van der Waals surface area (Å²) in [5.74, 6) is 0.711. The van der Waals surface area contributed by atoms with Crippen LogP contribution in [0, 0.1) is 13.8 Å². The van der Waals surface area contributed by atoms with Gasteiger partial charge in [-0.2, -0.15) is 0 Å². The van der Waals surface area contributed by atoms with E-state index in [1.165, 1.54) is 38.6 Å². The number of para-hydroxylation sites is 4. The van der Waals surface area contributed by atoms with Crippen molar-refractivity contribution < 1.29 is 0 Å². The number of hydrogen-bond acceptors (Lipinski definition) is 4. The van der Waals surface area contributed by atoms with Gasteiger partial charge in [0, 0.05) is 67.3 Å². The minimum Gasteiger partial charge on any atom is -0.310 e. The smallest absolute Gasteiger partial charge is 0.160 e. The van der Waals surface area contributed by atoms with Gasteiger partial charge in [-0.05, 0) is 150 Å². The van der Waals surface area contributed by atoms with Crippen LogP contribution in [0.4, 0.5) is 34.1 Å². The van der Waals surface area contributed by atoms with Crippen LogP contribution in [0.2, 0.25) is 0 Å². The molecule has 0 unspecified atom stereocenters. The fraction of sp³-hybridized carbons (Fsp3) is 0.0278. The normalized spacial score (nSPS) is 11.2. The van der Waals surface area contributed by atoms with Gasteiger partial charge in [0.2, 0.25) is 0 Å². The highest BCUT2D eigenvalue weighted by molar-refractivity contribution is 6.12. The molecule has 2 heterocycles. The van der Waals surface area contributed by atoms with E-state index in [9.17, 15) is 0 Å². The van der Waals surface area contributed by atoms with Gasteiger partial charge in [0.25, 0.3) is 0 Å². The Morgan fingerprint density at radius 2 is 0.649 bits per heavy atom. The van der Waals surface area contributed by atoms with Crippen molar-refractivity contribution in [2.45, 2.75) is 13.8 Å². The van der Waals surface area contributed by atoms with Crippen LogP contribution in [0.3, 0.4) is 0 Å². The van der Waals surface area contributed by atoms with Gasteiger partial charge < -0.3 is 14.4 Å². The molecule has 0 aliphatic carbocycles. The number of benzene rings is 11. The number of fused-ring (bicyclic) bond motifs is 3. The highest BCUT2D eigenvalue weighted by Crippen LogP contribution is 2.43. The topological polar surface area (TPSA) is 37.2 Å². The predicted octanol–water partition coefficient (Wildman–Crippen LogP) is 19.5. The van der Waals surface area contributed by atoms with Gasteiger partial charge in [-0.3, -0.25) is 0 Å². The summed E-state index contributed by atoms with van der Waals surface area (Å²) >= 11 is 0. The van der Waals surface area contributed by atoms with Crippen LogP contribution < -0.4 is 9.80 Å². The second kappa shape index (κ2) is 20.3. The van der Waals surface area contributed by atoms with Gasteiger partial charge in [0.1, 0.15) is 0 Å². The zero-order valence-electron chi connectivity index (χ0n) is 42.9. The van der Waals surface area contributed by atoms with Crippen LogP contribution in [-0.2, 0) is 0 Å². The number of nitrogens with zero attached hydrogens (tertiary/aromatic N) is 5. The molecule has 0 radical (unpaired) electrons. The molecule has 0 N–H and O–H groups in total. The minimum absolute atomic E-state index is 0.711. The van der Waals surface area contributed by atoms with E-state index < -0.39 is 0 Å². The van der Waals surface area contributed by atoms with Crippen molar-refractivity contribution in [3.05, 3.63) is 296 Å². The average molecular weight is 988 g/mol.